The van der Waals surface area contributed by atoms with E-state index in [1.165, 1.54) is 77.5 Å². The average Bonchev–Trinajstić information content (AvgIpc) is 3.53. The SMILES string of the molecule is c1ccc(C2(c3ccccc3)c3ccccc3-c3ccc(-c4cc5c6c(cccc6c4)-c4ccccc4-5)cc32)cc1. The van der Waals surface area contributed by atoms with Crippen LogP contribution in [0.25, 0.3) is 55.3 Å². The van der Waals surface area contributed by atoms with Gasteiger partial charge in [-0.3, -0.25) is 0 Å². The molecule has 0 fully saturated rings. The second-order valence-corrected chi connectivity index (χ2v) is 11.3. The zero-order chi connectivity index (χ0) is 27.0. The lowest BCUT2D eigenvalue weighted by Crippen LogP contribution is -2.28. The van der Waals surface area contributed by atoms with Crippen molar-refractivity contribution in [2.45, 2.75) is 5.41 Å². The summed E-state index contributed by atoms with van der Waals surface area (Å²) >= 11 is 0. The van der Waals surface area contributed by atoms with E-state index in [0.717, 1.165) is 0 Å². The van der Waals surface area contributed by atoms with Crippen LogP contribution in [0.4, 0.5) is 0 Å². The molecule has 0 bridgehead atoms. The maximum Gasteiger partial charge on any atom is 0.0713 e. The van der Waals surface area contributed by atoms with E-state index in [1.54, 1.807) is 0 Å². The molecule has 0 heteroatoms. The van der Waals surface area contributed by atoms with Crippen molar-refractivity contribution in [2.75, 3.05) is 0 Å². The van der Waals surface area contributed by atoms with Gasteiger partial charge in [-0.1, -0.05) is 140 Å². The van der Waals surface area contributed by atoms with Gasteiger partial charge in [0.05, 0.1) is 5.41 Å². The van der Waals surface area contributed by atoms with E-state index in [1.807, 2.05) is 0 Å². The van der Waals surface area contributed by atoms with E-state index < -0.39 is 5.41 Å². The van der Waals surface area contributed by atoms with Gasteiger partial charge in [0.15, 0.2) is 0 Å². The van der Waals surface area contributed by atoms with Crippen LogP contribution in [0.2, 0.25) is 0 Å². The summed E-state index contributed by atoms with van der Waals surface area (Å²) in [4.78, 5) is 0. The highest BCUT2D eigenvalue weighted by Crippen LogP contribution is 2.57. The highest BCUT2D eigenvalue weighted by atomic mass is 14.5. The second kappa shape index (κ2) is 8.40. The number of hydrogen-bond acceptors (Lipinski definition) is 0. The molecule has 0 aliphatic heterocycles. The van der Waals surface area contributed by atoms with Crippen molar-refractivity contribution in [1.82, 2.24) is 0 Å². The van der Waals surface area contributed by atoms with Crippen molar-refractivity contribution in [3.05, 3.63) is 180 Å². The Balaban J connectivity index is 1.34. The van der Waals surface area contributed by atoms with Gasteiger partial charge in [0.1, 0.15) is 0 Å². The van der Waals surface area contributed by atoms with Gasteiger partial charge in [-0.25, -0.2) is 0 Å². The topological polar surface area (TPSA) is 0 Å². The minimum Gasteiger partial charge on any atom is -0.0622 e. The monoisotopic (exact) mass is 518 g/mol. The van der Waals surface area contributed by atoms with Crippen LogP contribution in [0.3, 0.4) is 0 Å². The lowest BCUT2D eigenvalue weighted by molar-refractivity contribution is 0.769. The number of benzene rings is 7. The fraction of sp³-hybridized carbons (Fsp3) is 0.0244. The molecule has 0 amide bonds. The normalized spacial score (nSPS) is 13.6. The van der Waals surface area contributed by atoms with Crippen LogP contribution in [-0.2, 0) is 5.41 Å². The fourth-order valence-electron chi connectivity index (χ4n) is 7.61. The smallest absolute Gasteiger partial charge is 0.0622 e. The van der Waals surface area contributed by atoms with Crippen LogP contribution in [0.1, 0.15) is 22.3 Å². The Labute approximate surface area is 240 Å². The second-order valence-electron chi connectivity index (χ2n) is 11.3. The molecule has 190 valence electrons. The van der Waals surface area contributed by atoms with Crippen molar-refractivity contribution in [3.63, 3.8) is 0 Å². The van der Waals surface area contributed by atoms with E-state index in [2.05, 4.69) is 158 Å². The van der Waals surface area contributed by atoms with Crippen molar-refractivity contribution in [2.24, 2.45) is 0 Å². The molecular formula is C41H26. The molecule has 2 aliphatic rings. The largest absolute Gasteiger partial charge is 0.0713 e. The summed E-state index contributed by atoms with van der Waals surface area (Å²) in [7, 11) is 0. The predicted octanol–water partition coefficient (Wildman–Crippen LogP) is 10.5. The summed E-state index contributed by atoms with van der Waals surface area (Å²) in [6, 6.07) is 58.5. The maximum atomic E-state index is 2.47. The molecule has 7 aromatic rings. The molecule has 0 aromatic heterocycles. The van der Waals surface area contributed by atoms with Gasteiger partial charge in [-0.2, -0.15) is 0 Å². The summed E-state index contributed by atoms with van der Waals surface area (Å²) < 4.78 is 0. The lowest BCUT2D eigenvalue weighted by Gasteiger charge is -2.34. The number of hydrogen-bond donors (Lipinski definition) is 0. The first kappa shape index (κ1) is 22.6. The molecule has 0 N–H and O–H groups in total. The molecule has 7 aromatic carbocycles. The predicted molar refractivity (Wildman–Crippen MR) is 171 cm³/mol. The van der Waals surface area contributed by atoms with Crippen LogP contribution in [-0.4, -0.2) is 0 Å². The molecule has 0 unspecified atom stereocenters. The van der Waals surface area contributed by atoms with E-state index in [4.69, 9.17) is 0 Å². The van der Waals surface area contributed by atoms with Crippen molar-refractivity contribution in [1.29, 1.82) is 0 Å². The van der Waals surface area contributed by atoms with Crippen molar-refractivity contribution in [3.8, 4) is 44.5 Å². The summed E-state index contributed by atoms with van der Waals surface area (Å²) in [5.41, 5.74) is 15.4. The highest BCUT2D eigenvalue weighted by molar-refractivity contribution is 6.16. The molecule has 0 saturated carbocycles. The van der Waals surface area contributed by atoms with E-state index >= 15 is 0 Å². The Morgan fingerprint density at radius 1 is 0.317 bits per heavy atom. The van der Waals surface area contributed by atoms with Crippen LogP contribution in [0.5, 0.6) is 0 Å². The summed E-state index contributed by atoms with van der Waals surface area (Å²) in [6.45, 7) is 0. The van der Waals surface area contributed by atoms with Crippen LogP contribution in [0, 0.1) is 0 Å². The van der Waals surface area contributed by atoms with E-state index in [-0.39, 0.29) is 0 Å². The maximum absolute atomic E-state index is 2.47. The summed E-state index contributed by atoms with van der Waals surface area (Å²) in [5.74, 6) is 0. The Hall–Kier alpha value is -5.20. The number of rotatable bonds is 3. The molecule has 0 atom stereocenters. The molecule has 9 rings (SSSR count). The average molecular weight is 519 g/mol. The quantitative estimate of drug-likeness (QED) is 0.218. The van der Waals surface area contributed by atoms with Crippen LogP contribution in [0.15, 0.2) is 158 Å². The third-order valence-electron chi connectivity index (χ3n) is 9.28. The molecule has 0 nitrogen and oxygen atoms in total. The summed E-state index contributed by atoms with van der Waals surface area (Å²) in [6.07, 6.45) is 0. The zero-order valence-corrected chi connectivity index (χ0v) is 22.5. The van der Waals surface area contributed by atoms with Crippen molar-refractivity contribution < 1.29 is 0 Å². The highest BCUT2D eigenvalue weighted by Gasteiger charge is 2.46. The van der Waals surface area contributed by atoms with Gasteiger partial charge in [0, 0.05) is 0 Å². The van der Waals surface area contributed by atoms with Gasteiger partial charge >= 0.3 is 0 Å². The van der Waals surface area contributed by atoms with Crippen molar-refractivity contribution >= 4 is 10.8 Å². The Bertz CT molecular complexity index is 2090. The first-order valence-electron chi connectivity index (χ1n) is 14.4. The molecule has 2 aliphatic carbocycles. The minimum absolute atomic E-state index is 0.391. The van der Waals surface area contributed by atoms with Gasteiger partial charge in [0.25, 0.3) is 0 Å². The van der Waals surface area contributed by atoms with Crippen LogP contribution < -0.4 is 0 Å². The zero-order valence-electron chi connectivity index (χ0n) is 22.5. The standard InChI is InChI=1S/C41H26/c1-3-13-30(14-4-1)41(31-15-5-2-6-16-31)38-21-10-9-19-34(38)35-23-22-27(26-39(35)41)29-24-28-12-11-20-36-32-17-7-8-18-33(32)37(25-29)40(28)36/h1-26H. The third-order valence-corrected chi connectivity index (χ3v) is 9.28. The lowest BCUT2D eigenvalue weighted by atomic mass is 9.67. The van der Waals surface area contributed by atoms with Gasteiger partial charge in [-0.05, 0) is 95.7 Å². The molecule has 0 saturated heterocycles. The Kier molecular flexibility index (Phi) is 4.63. The summed E-state index contributed by atoms with van der Waals surface area (Å²) in [5, 5.41) is 2.67. The minimum atomic E-state index is -0.391. The Morgan fingerprint density at radius 3 is 1.63 bits per heavy atom. The first-order chi connectivity index (χ1) is 20.3. The van der Waals surface area contributed by atoms with Crippen LogP contribution >= 0.6 is 0 Å². The Morgan fingerprint density at radius 2 is 0.902 bits per heavy atom. The van der Waals surface area contributed by atoms with E-state index in [9.17, 15) is 0 Å². The molecular weight excluding hydrogens is 492 g/mol. The molecule has 0 spiro atoms. The molecule has 41 heavy (non-hydrogen) atoms. The molecule has 0 heterocycles. The van der Waals surface area contributed by atoms with E-state index in [0.29, 0.717) is 0 Å². The molecule has 0 radical (unpaired) electrons. The fourth-order valence-corrected chi connectivity index (χ4v) is 7.61. The van der Waals surface area contributed by atoms with Gasteiger partial charge in [0.2, 0.25) is 0 Å². The number of fused-ring (bicyclic) bond motifs is 6. The van der Waals surface area contributed by atoms with Gasteiger partial charge in [-0.15, -0.1) is 0 Å². The van der Waals surface area contributed by atoms with Gasteiger partial charge < -0.3 is 0 Å². The first-order valence-corrected chi connectivity index (χ1v) is 14.4. The third kappa shape index (κ3) is 3.00.